The lowest BCUT2D eigenvalue weighted by Crippen LogP contribution is -1.93. The normalized spacial score (nSPS) is 9.12. The van der Waals surface area contributed by atoms with Crippen LogP contribution in [0, 0.1) is 0 Å². The van der Waals surface area contributed by atoms with Gasteiger partial charge in [0.05, 0.1) is 6.33 Å². The zero-order valence-corrected chi connectivity index (χ0v) is 4.60. The van der Waals surface area contributed by atoms with Crippen LogP contribution in [0.25, 0.3) is 0 Å². The topological polar surface area (TPSA) is 66.7 Å². The molecule has 0 unspecified atom stereocenters. The Morgan fingerprint density at radius 2 is 2.62 bits per heavy atom. The number of H-pyrrole nitrogens is 1. The van der Waals surface area contributed by atoms with E-state index in [4.69, 9.17) is 5.73 Å². The molecule has 0 spiro atoms. The van der Waals surface area contributed by atoms with Gasteiger partial charge in [0.1, 0.15) is 5.82 Å². The molecule has 0 aliphatic heterocycles. The van der Waals surface area contributed by atoms with Gasteiger partial charge in [-0.15, -0.1) is 0 Å². The van der Waals surface area contributed by atoms with Gasteiger partial charge in [0.2, 0.25) is 0 Å². The number of rotatable bonds is 1. The fourth-order valence-corrected chi connectivity index (χ4v) is 0.505. The van der Waals surface area contributed by atoms with Crippen molar-refractivity contribution >= 4 is 11.6 Å². The van der Waals surface area contributed by atoms with E-state index < -0.39 is 0 Å². The van der Waals surface area contributed by atoms with Crippen molar-refractivity contribution in [1.82, 2.24) is 9.97 Å². The second kappa shape index (κ2) is 1.73. The van der Waals surface area contributed by atoms with Crippen LogP contribution in [0.3, 0.4) is 0 Å². The lowest BCUT2D eigenvalue weighted by atomic mass is 10.7. The maximum Gasteiger partial charge on any atom is 0.166 e. The molecule has 0 saturated carbocycles. The third-order valence-electron chi connectivity index (χ3n) is 0.919. The number of imidazole rings is 1. The first-order valence-electron chi connectivity index (χ1n) is 2.31. The van der Waals surface area contributed by atoms with Crippen LogP contribution in [-0.4, -0.2) is 17.0 Å². The molecule has 4 nitrogen and oxygen atoms in total. The van der Waals surface area contributed by atoms with Crippen LogP contribution in [0.1, 0.15) is 0 Å². The van der Waals surface area contributed by atoms with Crippen molar-refractivity contribution < 1.29 is 0 Å². The third-order valence-corrected chi connectivity index (χ3v) is 0.919. The highest BCUT2D eigenvalue weighted by molar-refractivity contribution is 5.54. The summed E-state index contributed by atoms with van der Waals surface area (Å²) in [5, 5.41) is 2.83. The molecule has 0 aliphatic carbocycles. The van der Waals surface area contributed by atoms with Gasteiger partial charge in [-0.05, 0) is 0 Å². The minimum absolute atomic E-state index is 0.507. The second-order valence-electron chi connectivity index (χ2n) is 1.41. The summed E-state index contributed by atoms with van der Waals surface area (Å²) >= 11 is 0. The smallest absolute Gasteiger partial charge is 0.166 e. The summed E-state index contributed by atoms with van der Waals surface area (Å²) in [6, 6.07) is 0. The summed E-state index contributed by atoms with van der Waals surface area (Å²) in [6.07, 6.45) is 1.54. The fourth-order valence-electron chi connectivity index (χ4n) is 0.505. The number of anilines is 2. The first-order chi connectivity index (χ1) is 3.84. The zero-order valence-electron chi connectivity index (χ0n) is 4.60. The van der Waals surface area contributed by atoms with Gasteiger partial charge in [-0.3, -0.25) is 0 Å². The van der Waals surface area contributed by atoms with E-state index in [1.54, 1.807) is 13.4 Å². The number of nitrogen functional groups attached to an aromatic ring is 1. The number of aromatic nitrogens is 2. The molecular formula is C4H8N4. The van der Waals surface area contributed by atoms with Gasteiger partial charge in [-0.2, -0.15) is 0 Å². The Kier molecular flexibility index (Phi) is 1.07. The first kappa shape index (κ1) is 4.96. The second-order valence-corrected chi connectivity index (χ2v) is 1.41. The Balaban J connectivity index is 2.92. The molecule has 0 aliphatic rings. The molecule has 1 aromatic rings. The van der Waals surface area contributed by atoms with Crippen molar-refractivity contribution in [3.8, 4) is 0 Å². The number of aromatic amines is 1. The van der Waals surface area contributed by atoms with Crippen molar-refractivity contribution in [3.63, 3.8) is 0 Å². The average molecular weight is 112 g/mol. The predicted octanol–water partition coefficient (Wildman–Crippen LogP) is 0.0336. The lowest BCUT2D eigenvalue weighted by Gasteiger charge is -1.91. The van der Waals surface area contributed by atoms with Crippen LogP contribution >= 0.6 is 0 Å². The predicted molar refractivity (Wildman–Crippen MR) is 32.5 cm³/mol. The van der Waals surface area contributed by atoms with Gasteiger partial charge in [0.15, 0.2) is 5.82 Å². The van der Waals surface area contributed by atoms with Gasteiger partial charge in [-0.1, -0.05) is 0 Å². The number of hydrogen-bond donors (Lipinski definition) is 3. The molecule has 4 heteroatoms. The van der Waals surface area contributed by atoms with Gasteiger partial charge < -0.3 is 16.0 Å². The van der Waals surface area contributed by atoms with Crippen molar-refractivity contribution in [2.75, 3.05) is 18.1 Å². The van der Waals surface area contributed by atoms with Crippen LogP contribution in [0.15, 0.2) is 6.33 Å². The molecule has 0 atom stereocenters. The Labute approximate surface area is 47.1 Å². The SMILES string of the molecule is CNc1[nH]cnc1N. The number of nitrogens with zero attached hydrogens (tertiary/aromatic N) is 1. The molecule has 1 aromatic heterocycles. The molecular weight excluding hydrogens is 104 g/mol. The minimum atomic E-state index is 0.507. The maximum absolute atomic E-state index is 5.35. The first-order valence-corrected chi connectivity index (χ1v) is 2.31. The van der Waals surface area contributed by atoms with Gasteiger partial charge in [0, 0.05) is 7.05 Å². The summed E-state index contributed by atoms with van der Waals surface area (Å²) in [5.74, 6) is 1.28. The van der Waals surface area contributed by atoms with Crippen LogP contribution in [0.4, 0.5) is 11.6 Å². The Morgan fingerprint density at radius 3 is 2.88 bits per heavy atom. The van der Waals surface area contributed by atoms with Crippen molar-refractivity contribution in [1.29, 1.82) is 0 Å². The van der Waals surface area contributed by atoms with E-state index in [2.05, 4.69) is 15.3 Å². The van der Waals surface area contributed by atoms with E-state index in [1.807, 2.05) is 0 Å². The van der Waals surface area contributed by atoms with E-state index in [-0.39, 0.29) is 0 Å². The highest BCUT2D eigenvalue weighted by atomic mass is 15.1. The molecule has 0 saturated heterocycles. The van der Waals surface area contributed by atoms with Gasteiger partial charge >= 0.3 is 0 Å². The number of nitrogens with one attached hydrogen (secondary N) is 2. The van der Waals surface area contributed by atoms with E-state index in [0.717, 1.165) is 5.82 Å². The third kappa shape index (κ3) is 0.598. The molecule has 4 N–H and O–H groups in total. The minimum Gasteiger partial charge on any atom is -0.381 e. The van der Waals surface area contributed by atoms with Gasteiger partial charge in [0.25, 0.3) is 0 Å². The summed E-state index contributed by atoms with van der Waals surface area (Å²) in [4.78, 5) is 6.56. The summed E-state index contributed by atoms with van der Waals surface area (Å²) in [5.41, 5.74) is 5.35. The van der Waals surface area contributed by atoms with Crippen molar-refractivity contribution in [2.45, 2.75) is 0 Å². The largest absolute Gasteiger partial charge is 0.381 e. The molecule has 0 amide bonds. The molecule has 1 heterocycles. The molecule has 0 fully saturated rings. The zero-order chi connectivity index (χ0) is 5.98. The van der Waals surface area contributed by atoms with Crippen molar-refractivity contribution in [3.05, 3.63) is 6.33 Å². The molecule has 0 aromatic carbocycles. The summed E-state index contributed by atoms with van der Waals surface area (Å²) in [6.45, 7) is 0. The standard InChI is InChI=1S/C4H8N4/c1-6-4-3(5)7-2-8-4/h2,6H,5H2,1H3,(H,7,8). The number of nitrogens with two attached hydrogens (primary N) is 1. The molecule has 8 heavy (non-hydrogen) atoms. The summed E-state index contributed by atoms with van der Waals surface area (Å²) in [7, 11) is 1.78. The quantitative estimate of drug-likeness (QED) is 0.480. The average Bonchev–Trinajstić information content (AvgIpc) is 2.14. The highest BCUT2D eigenvalue weighted by Gasteiger charge is 1.93. The maximum atomic E-state index is 5.35. The van der Waals surface area contributed by atoms with Crippen molar-refractivity contribution in [2.24, 2.45) is 0 Å². The van der Waals surface area contributed by atoms with Gasteiger partial charge in [-0.25, -0.2) is 4.98 Å². The molecule has 1 rings (SSSR count). The number of hydrogen-bond acceptors (Lipinski definition) is 3. The lowest BCUT2D eigenvalue weighted by molar-refractivity contribution is 1.30. The highest BCUT2D eigenvalue weighted by Crippen LogP contribution is 2.07. The Morgan fingerprint density at radius 1 is 1.88 bits per heavy atom. The van der Waals surface area contributed by atoms with E-state index in [9.17, 15) is 0 Å². The molecule has 44 valence electrons. The molecule has 0 bridgehead atoms. The van der Waals surface area contributed by atoms with E-state index in [1.165, 1.54) is 0 Å². The Bertz CT molecular complexity index is 168. The van der Waals surface area contributed by atoms with E-state index >= 15 is 0 Å². The van der Waals surface area contributed by atoms with E-state index in [0.29, 0.717) is 5.82 Å². The monoisotopic (exact) mass is 112 g/mol. The fraction of sp³-hybridized carbons (Fsp3) is 0.250. The molecule has 0 radical (unpaired) electrons. The summed E-state index contributed by atoms with van der Waals surface area (Å²) < 4.78 is 0. The van der Waals surface area contributed by atoms with Crippen LogP contribution in [0.5, 0.6) is 0 Å². The van der Waals surface area contributed by atoms with Crippen LogP contribution in [0.2, 0.25) is 0 Å². The Hall–Kier alpha value is -1.19. The van der Waals surface area contributed by atoms with Crippen LogP contribution < -0.4 is 11.1 Å². The van der Waals surface area contributed by atoms with Crippen LogP contribution in [-0.2, 0) is 0 Å².